The molecule has 6 heteroatoms. The maximum atomic E-state index is 11.8. The molecule has 0 unspecified atom stereocenters. The molecule has 0 aliphatic rings. The molecule has 1 rings (SSSR count). The molecule has 108 valence electrons. The predicted octanol–water partition coefficient (Wildman–Crippen LogP) is 2.47. The van der Waals surface area contributed by atoms with Crippen LogP contribution in [0.25, 0.3) is 0 Å². The number of aliphatic hydroxyl groups excluding tert-OH is 1. The summed E-state index contributed by atoms with van der Waals surface area (Å²) in [4.78, 5) is 0.116. The molecule has 1 N–H and O–H groups in total. The van der Waals surface area contributed by atoms with Gasteiger partial charge in [-0.15, -0.1) is 11.6 Å². The number of aryl methyl sites for hydroxylation is 1. The van der Waals surface area contributed by atoms with E-state index in [9.17, 15) is 13.5 Å². The van der Waals surface area contributed by atoms with Gasteiger partial charge >= 0.3 is 0 Å². The van der Waals surface area contributed by atoms with Gasteiger partial charge < -0.3 is 5.11 Å². The first kappa shape index (κ1) is 16.4. The highest BCUT2D eigenvalue weighted by Crippen LogP contribution is 2.15. The Kier molecular flexibility index (Phi) is 6.26. The second-order valence-corrected chi connectivity index (χ2v) is 6.55. The van der Waals surface area contributed by atoms with E-state index in [1.807, 2.05) is 13.8 Å². The molecule has 0 spiro atoms. The van der Waals surface area contributed by atoms with Crippen LogP contribution in [0, 0.1) is 6.92 Å². The molecule has 0 heterocycles. The van der Waals surface area contributed by atoms with Crippen LogP contribution in [0.1, 0.15) is 25.3 Å². The normalized spacial score (nSPS) is 15.2. The molecule has 0 saturated heterocycles. The quantitative estimate of drug-likeness (QED) is 0.621. The van der Waals surface area contributed by atoms with Crippen LogP contribution in [-0.2, 0) is 14.3 Å². The topological polar surface area (TPSA) is 63.6 Å². The van der Waals surface area contributed by atoms with Gasteiger partial charge in [0.2, 0.25) is 0 Å². The average molecular weight is 307 g/mol. The van der Waals surface area contributed by atoms with Crippen molar-refractivity contribution in [2.75, 3.05) is 6.61 Å². The van der Waals surface area contributed by atoms with Crippen molar-refractivity contribution in [2.24, 2.45) is 0 Å². The third-order valence-corrected chi connectivity index (χ3v) is 4.70. The Bertz CT molecular complexity index is 484. The lowest BCUT2D eigenvalue weighted by atomic mass is 10.1. The zero-order chi connectivity index (χ0) is 14.5. The van der Waals surface area contributed by atoms with Crippen molar-refractivity contribution >= 4 is 21.7 Å². The molecular weight excluding hydrogens is 288 g/mol. The fourth-order valence-corrected chi connectivity index (χ4v) is 2.55. The first-order chi connectivity index (χ1) is 8.86. The van der Waals surface area contributed by atoms with Gasteiger partial charge in [-0.1, -0.05) is 24.6 Å². The minimum absolute atomic E-state index is 0.0827. The van der Waals surface area contributed by atoms with E-state index in [4.69, 9.17) is 15.8 Å². The number of halogens is 1. The van der Waals surface area contributed by atoms with Gasteiger partial charge in [-0.3, -0.25) is 4.18 Å². The van der Waals surface area contributed by atoms with Crippen LogP contribution in [0.4, 0.5) is 0 Å². The van der Waals surface area contributed by atoms with Gasteiger partial charge in [0, 0.05) is 0 Å². The lowest BCUT2D eigenvalue weighted by molar-refractivity contribution is 0.135. The summed E-state index contributed by atoms with van der Waals surface area (Å²) < 4.78 is 28.5. The number of aliphatic hydroxyl groups is 1. The fraction of sp³-hybridized carbons (Fsp3) is 0.538. The summed E-state index contributed by atoms with van der Waals surface area (Å²) in [6, 6.07) is 6.41. The second-order valence-electron chi connectivity index (χ2n) is 4.37. The maximum Gasteiger partial charge on any atom is 0.296 e. The molecule has 2 atom stereocenters. The van der Waals surface area contributed by atoms with Crippen molar-refractivity contribution in [3.8, 4) is 0 Å². The standard InChI is InChI=1S/C13H19ClO4S/c1-3-12(14)13(15)8-9-18-19(16,17)11-6-4-10(2)5-7-11/h4-7,12-13,15H,3,8-9H2,1-2H3/t12-,13+/m1/s1. The Labute approximate surface area is 119 Å². The minimum atomic E-state index is -3.76. The summed E-state index contributed by atoms with van der Waals surface area (Å²) in [5.74, 6) is 0. The first-order valence-electron chi connectivity index (χ1n) is 6.15. The molecule has 19 heavy (non-hydrogen) atoms. The third kappa shape index (κ3) is 5.10. The van der Waals surface area contributed by atoms with E-state index < -0.39 is 16.2 Å². The summed E-state index contributed by atoms with van der Waals surface area (Å²) in [5.41, 5.74) is 0.974. The number of hydrogen-bond acceptors (Lipinski definition) is 4. The van der Waals surface area contributed by atoms with Crippen molar-refractivity contribution in [2.45, 2.75) is 43.1 Å². The molecule has 1 aromatic carbocycles. The fourth-order valence-electron chi connectivity index (χ4n) is 1.50. The molecule has 0 radical (unpaired) electrons. The van der Waals surface area contributed by atoms with E-state index in [0.29, 0.717) is 6.42 Å². The smallest absolute Gasteiger partial charge is 0.296 e. The van der Waals surface area contributed by atoms with Crippen molar-refractivity contribution in [3.63, 3.8) is 0 Å². The van der Waals surface area contributed by atoms with Crippen molar-refractivity contribution < 1.29 is 17.7 Å². The molecule has 0 aromatic heterocycles. The summed E-state index contributed by atoms with van der Waals surface area (Å²) in [6.07, 6.45) is 0.0421. The van der Waals surface area contributed by atoms with Gasteiger partial charge in [-0.25, -0.2) is 0 Å². The van der Waals surface area contributed by atoms with E-state index in [2.05, 4.69) is 0 Å². The highest BCUT2D eigenvalue weighted by Gasteiger charge is 2.18. The SMILES string of the molecule is CC[C@@H](Cl)[C@@H](O)CCOS(=O)(=O)c1ccc(C)cc1. The summed E-state index contributed by atoms with van der Waals surface area (Å²) in [5, 5.41) is 9.23. The zero-order valence-corrected chi connectivity index (χ0v) is 12.6. The van der Waals surface area contributed by atoms with Crippen LogP contribution in [0.3, 0.4) is 0 Å². The van der Waals surface area contributed by atoms with Gasteiger partial charge in [-0.2, -0.15) is 8.42 Å². The molecule has 0 aliphatic carbocycles. The number of alkyl halides is 1. The van der Waals surface area contributed by atoms with Crippen LogP contribution in [-0.4, -0.2) is 31.6 Å². The summed E-state index contributed by atoms with van der Waals surface area (Å²) >= 11 is 5.85. The lowest BCUT2D eigenvalue weighted by Crippen LogP contribution is -2.22. The molecule has 1 aromatic rings. The van der Waals surface area contributed by atoms with Crippen LogP contribution in [0.5, 0.6) is 0 Å². The third-order valence-electron chi connectivity index (χ3n) is 2.77. The minimum Gasteiger partial charge on any atom is -0.392 e. The largest absolute Gasteiger partial charge is 0.392 e. The molecule has 4 nitrogen and oxygen atoms in total. The van der Waals surface area contributed by atoms with Crippen LogP contribution >= 0.6 is 11.6 Å². The molecular formula is C13H19ClO4S. The Morgan fingerprint density at radius 3 is 2.42 bits per heavy atom. The van der Waals surface area contributed by atoms with Crippen LogP contribution in [0.2, 0.25) is 0 Å². The van der Waals surface area contributed by atoms with Crippen LogP contribution in [0.15, 0.2) is 29.2 Å². The van der Waals surface area contributed by atoms with E-state index in [-0.39, 0.29) is 23.3 Å². The van der Waals surface area contributed by atoms with Crippen molar-refractivity contribution in [1.29, 1.82) is 0 Å². The molecule has 0 aliphatic heterocycles. The van der Waals surface area contributed by atoms with E-state index in [0.717, 1.165) is 5.56 Å². The zero-order valence-electron chi connectivity index (χ0n) is 11.0. The van der Waals surface area contributed by atoms with Crippen molar-refractivity contribution in [1.82, 2.24) is 0 Å². The number of rotatable bonds is 7. The Hall–Kier alpha value is -0.620. The van der Waals surface area contributed by atoms with E-state index >= 15 is 0 Å². The molecule has 0 saturated carbocycles. The maximum absolute atomic E-state index is 11.8. The summed E-state index contributed by atoms with van der Waals surface area (Å²) in [6.45, 7) is 3.64. The van der Waals surface area contributed by atoms with Gasteiger partial charge in [0.05, 0.1) is 23.0 Å². The molecule has 0 bridgehead atoms. The number of hydrogen-bond donors (Lipinski definition) is 1. The van der Waals surface area contributed by atoms with Gasteiger partial charge in [0.15, 0.2) is 0 Å². The van der Waals surface area contributed by atoms with Gasteiger partial charge in [-0.05, 0) is 31.9 Å². The van der Waals surface area contributed by atoms with E-state index in [1.54, 1.807) is 12.1 Å². The van der Waals surface area contributed by atoms with Crippen molar-refractivity contribution in [3.05, 3.63) is 29.8 Å². The van der Waals surface area contributed by atoms with Crippen LogP contribution < -0.4 is 0 Å². The first-order valence-corrected chi connectivity index (χ1v) is 7.99. The predicted molar refractivity (Wildman–Crippen MR) is 74.9 cm³/mol. The lowest BCUT2D eigenvalue weighted by Gasteiger charge is -2.14. The average Bonchev–Trinajstić information content (AvgIpc) is 2.37. The Balaban J connectivity index is 2.54. The van der Waals surface area contributed by atoms with E-state index in [1.165, 1.54) is 12.1 Å². The highest BCUT2D eigenvalue weighted by atomic mass is 35.5. The number of benzene rings is 1. The monoisotopic (exact) mass is 306 g/mol. The molecule has 0 amide bonds. The Morgan fingerprint density at radius 2 is 1.89 bits per heavy atom. The van der Waals surface area contributed by atoms with Gasteiger partial charge in [0.1, 0.15) is 0 Å². The van der Waals surface area contributed by atoms with Gasteiger partial charge in [0.25, 0.3) is 10.1 Å². The Morgan fingerprint density at radius 1 is 1.32 bits per heavy atom. The highest BCUT2D eigenvalue weighted by molar-refractivity contribution is 7.86. The molecule has 0 fully saturated rings. The summed E-state index contributed by atoms with van der Waals surface area (Å²) in [7, 11) is -3.76. The second kappa shape index (κ2) is 7.24.